The number of carbonyl (C=O) groups is 1. The van der Waals surface area contributed by atoms with Crippen LogP contribution in [0.15, 0.2) is 36.5 Å². The molecule has 0 unspecified atom stereocenters. The molecule has 148 valence electrons. The number of fused-ring (bicyclic) bond motifs is 1. The molecular formula is C21H25N3O4. The van der Waals surface area contributed by atoms with Crippen molar-refractivity contribution in [1.29, 1.82) is 0 Å². The standard InChI is InChI=1S/C21H25N3O4/c1-14-12-24(13-15(2)28-14)20-6-4-17(11-22-20)21(25)23-10-16-3-5-18-19(9-16)27-8-7-26-18/h3-6,9,11,14-15H,7-8,10,12-13H2,1-2H3,(H,23,25)/t14-,15+. The molecule has 2 aliphatic heterocycles. The van der Waals surface area contributed by atoms with E-state index in [1.807, 2.05) is 30.3 Å². The van der Waals surface area contributed by atoms with Crippen LogP contribution in [0.3, 0.4) is 0 Å². The Bertz CT molecular complexity index is 830. The molecular weight excluding hydrogens is 358 g/mol. The summed E-state index contributed by atoms with van der Waals surface area (Å²) in [6.45, 7) is 7.23. The van der Waals surface area contributed by atoms with Crippen LogP contribution in [0.2, 0.25) is 0 Å². The predicted octanol–water partition coefficient (Wildman–Crippen LogP) is 2.40. The normalized spacial score (nSPS) is 21.3. The first-order valence-corrected chi connectivity index (χ1v) is 9.61. The number of nitrogens with one attached hydrogen (secondary N) is 1. The van der Waals surface area contributed by atoms with E-state index in [-0.39, 0.29) is 18.1 Å². The van der Waals surface area contributed by atoms with Crippen LogP contribution in [-0.2, 0) is 11.3 Å². The second-order valence-corrected chi connectivity index (χ2v) is 7.23. The highest BCUT2D eigenvalue weighted by Gasteiger charge is 2.23. The average molecular weight is 383 g/mol. The fourth-order valence-electron chi connectivity index (χ4n) is 3.55. The molecule has 1 aromatic carbocycles. The molecule has 0 bridgehead atoms. The van der Waals surface area contributed by atoms with Gasteiger partial charge in [0.1, 0.15) is 19.0 Å². The lowest BCUT2D eigenvalue weighted by Crippen LogP contribution is -2.45. The zero-order valence-electron chi connectivity index (χ0n) is 16.2. The number of hydrogen-bond donors (Lipinski definition) is 1. The summed E-state index contributed by atoms with van der Waals surface area (Å²) in [5.41, 5.74) is 1.49. The van der Waals surface area contributed by atoms with Crippen LogP contribution in [0.4, 0.5) is 5.82 Å². The van der Waals surface area contributed by atoms with E-state index in [1.165, 1.54) is 0 Å². The Hall–Kier alpha value is -2.80. The zero-order valence-corrected chi connectivity index (χ0v) is 16.2. The van der Waals surface area contributed by atoms with Gasteiger partial charge in [-0.1, -0.05) is 6.07 Å². The third-order valence-electron chi connectivity index (χ3n) is 4.81. The number of rotatable bonds is 4. The van der Waals surface area contributed by atoms with Gasteiger partial charge in [-0.05, 0) is 43.7 Å². The van der Waals surface area contributed by atoms with Gasteiger partial charge >= 0.3 is 0 Å². The van der Waals surface area contributed by atoms with Crippen LogP contribution in [0.1, 0.15) is 29.8 Å². The fourth-order valence-corrected chi connectivity index (χ4v) is 3.55. The molecule has 0 spiro atoms. The number of carbonyl (C=O) groups excluding carboxylic acids is 1. The predicted molar refractivity (Wildman–Crippen MR) is 105 cm³/mol. The number of ether oxygens (including phenoxy) is 3. The number of amides is 1. The summed E-state index contributed by atoms with van der Waals surface area (Å²) >= 11 is 0. The Morgan fingerprint density at radius 3 is 2.57 bits per heavy atom. The molecule has 2 aromatic rings. The van der Waals surface area contributed by atoms with Crippen LogP contribution in [0.5, 0.6) is 11.5 Å². The average Bonchev–Trinajstić information content (AvgIpc) is 2.71. The van der Waals surface area contributed by atoms with Gasteiger partial charge in [0.25, 0.3) is 5.91 Å². The summed E-state index contributed by atoms with van der Waals surface area (Å²) in [6.07, 6.45) is 1.96. The van der Waals surface area contributed by atoms with Crippen LogP contribution >= 0.6 is 0 Å². The lowest BCUT2D eigenvalue weighted by atomic mass is 10.2. The van der Waals surface area contributed by atoms with Crippen LogP contribution in [0, 0.1) is 0 Å². The Kier molecular flexibility index (Phi) is 5.34. The Morgan fingerprint density at radius 1 is 1.11 bits per heavy atom. The van der Waals surface area contributed by atoms with Gasteiger partial charge in [0, 0.05) is 25.8 Å². The minimum atomic E-state index is -0.155. The van der Waals surface area contributed by atoms with Gasteiger partial charge < -0.3 is 24.4 Å². The summed E-state index contributed by atoms with van der Waals surface area (Å²) in [6, 6.07) is 9.40. The van der Waals surface area contributed by atoms with Gasteiger partial charge in [-0.2, -0.15) is 0 Å². The first-order valence-electron chi connectivity index (χ1n) is 9.61. The Balaban J connectivity index is 1.36. The maximum Gasteiger partial charge on any atom is 0.253 e. The maximum atomic E-state index is 12.5. The molecule has 7 heteroatoms. The van der Waals surface area contributed by atoms with Gasteiger partial charge in [0.2, 0.25) is 0 Å². The van der Waals surface area contributed by atoms with Crippen LogP contribution in [0.25, 0.3) is 0 Å². The molecule has 1 aromatic heterocycles. The van der Waals surface area contributed by atoms with Gasteiger partial charge in [-0.25, -0.2) is 4.98 Å². The minimum Gasteiger partial charge on any atom is -0.486 e. The van der Waals surface area contributed by atoms with E-state index >= 15 is 0 Å². The van der Waals surface area contributed by atoms with Crippen molar-refractivity contribution in [2.24, 2.45) is 0 Å². The monoisotopic (exact) mass is 383 g/mol. The molecule has 7 nitrogen and oxygen atoms in total. The van der Waals surface area contributed by atoms with E-state index in [0.717, 1.165) is 36.0 Å². The van der Waals surface area contributed by atoms with Crippen molar-refractivity contribution in [2.75, 3.05) is 31.2 Å². The first kappa shape index (κ1) is 18.6. The van der Waals surface area contributed by atoms with Crippen molar-refractivity contribution in [2.45, 2.75) is 32.6 Å². The van der Waals surface area contributed by atoms with Crippen LogP contribution in [-0.4, -0.2) is 49.4 Å². The Morgan fingerprint density at radius 2 is 1.86 bits per heavy atom. The molecule has 4 rings (SSSR count). The molecule has 1 saturated heterocycles. The topological polar surface area (TPSA) is 72.9 Å². The second-order valence-electron chi connectivity index (χ2n) is 7.23. The number of hydrogen-bond acceptors (Lipinski definition) is 6. The molecule has 3 heterocycles. The van der Waals surface area contributed by atoms with E-state index < -0.39 is 0 Å². The molecule has 2 atom stereocenters. The third-order valence-corrected chi connectivity index (χ3v) is 4.81. The van der Waals surface area contributed by atoms with E-state index in [9.17, 15) is 4.79 Å². The maximum absolute atomic E-state index is 12.5. The molecule has 1 fully saturated rings. The van der Waals surface area contributed by atoms with Crippen LogP contribution < -0.4 is 19.7 Å². The van der Waals surface area contributed by atoms with Crippen molar-refractivity contribution in [3.05, 3.63) is 47.7 Å². The van der Waals surface area contributed by atoms with E-state index in [2.05, 4.69) is 29.0 Å². The number of morpholine rings is 1. The number of aromatic nitrogens is 1. The molecule has 2 aliphatic rings. The lowest BCUT2D eigenvalue weighted by Gasteiger charge is -2.36. The van der Waals surface area contributed by atoms with Gasteiger partial charge in [-0.15, -0.1) is 0 Å². The summed E-state index contributed by atoms with van der Waals surface area (Å²) < 4.78 is 16.9. The van der Waals surface area contributed by atoms with E-state index in [4.69, 9.17) is 14.2 Å². The van der Waals surface area contributed by atoms with Gasteiger partial charge in [0.15, 0.2) is 11.5 Å². The summed E-state index contributed by atoms with van der Waals surface area (Å²) in [5.74, 6) is 2.17. The Labute approximate surface area is 164 Å². The minimum absolute atomic E-state index is 0.155. The second kappa shape index (κ2) is 8.06. The highest BCUT2D eigenvalue weighted by Crippen LogP contribution is 2.30. The smallest absolute Gasteiger partial charge is 0.253 e. The van der Waals surface area contributed by atoms with Gasteiger partial charge in [0.05, 0.1) is 17.8 Å². The molecule has 1 N–H and O–H groups in total. The quantitative estimate of drug-likeness (QED) is 0.874. The van der Waals surface area contributed by atoms with Crippen molar-refractivity contribution >= 4 is 11.7 Å². The largest absolute Gasteiger partial charge is 0.486 e. The van der Waals surface area contributed by atoms with E-state index in [0.29, 0.717) is 25.3 Å². The molecule has 0 saturated carbocycles. The molecule has 0 radical (unpaired) electrons. The summed E-state index contributed by atoms with van der Waals surface area (Å²) in [5, 5.41) is 2.93. The number of nitrogens with zero attached hydrogens (tertiary/aromatic N) is 2. The van der Waals surface area contributed by atoms with Crippen molar-refractivity contribution in [1.82, 2.24) is 10.3 Å². The fraction of sp³-hybridized carbons (Fsp3) is 0.429. The third kappa shape index (κ3) is 4.20. The zero-order chi connectivity index (χ0) is 19.5. The highest BCUT2D eigenvalue weighted by atomic mass is 16.6. The number of benzene rings is 1. The molecule has 1 amide bonds. The van der Waals surface area contributed by atoms with Crippen molar-refractivity contribution in [3.8, 4) is 11.5 Å². The molecule has 28 heavy (non-hydrogen) atoms. The first-order chi connectivity index (χ1) is 13.6. The lowest BCUT2D eigenvalue weighted by molar-refractivity contribution is -0.00546. The highest BCUT2D eigenvalue weighted by molar-refractivity contribution is 5.94. The summed E-state index contributed by atoms with van der Waals surface area (Å²) in [7, 11) is 0. The van der Waals surface area contributed by atoms with Crippen molar-refractivity contribution in [3.63, 3.8) is 0 Å². The summed E-state index contributed by atoms with van der Waals surface area (Å²) in [4.78, 5) is 19.1. The van der Waals surface area contributed by atoms with E-state index in [1.54, 1.807) is 6.20 Å². The SMILES string of the molecule is C[C@@H]1CN(c2ccc(C(=O)NCc3ccc4c(c3)OCCO4)cn2)C[C@H](C)O1. The van der Waals surface area contributed by atoms with Crippen molar-refractivity contribution < 1.29 is 19.0 Å². The number of anilines is 1. The van der Waals surface area contributed by atoms with Gasteiger partial charge in [-0.3, -0.25) is 4.79 Å². The number of pyridine rings is 1. The molecule has 0 aliphatic carbocycles.